The Labute approximate surface area is 294 Å². The van der Waals surface area contributed by atoms with Crippen molar-refractivity contribution in [2.75, 3.05) is 0 Å². The van der Waals surface area contributed by atoms with Gasteiger partial charge in [-0.25, -0.2) is 0 Å². The molecule has 5 nitrogen and oxygen atoms in total. The molecule has 47 heavy (non-hydrogen) atoms. The van der Waals surface area contributed by atoms with Gasteiger partial charge in [0, 0.05) is 77.8 Å². The Balaban J connectivity index is 0.000000290. The fourth-order valence-electron chi connectivity index (χ4n) is 5.56. The Morgan fingerprint density at radius 1 is 0.872 bits per heavy atom. The van der Waals surface area contributed by atoms with Crippen molar-refractivity contribution in [1.29, 1.82) is 0 Å². The molecule has 0 atom stereocenters. The molecule has 6 heteroatoms. The zero-order chi connectivity index (χ0) is 33.7. The second-order valence-corrected chi connectivity index (χ2v) is 13.7. The Bertz CT molecular complexity index is 1820. The summed E-state index contributed by atoms with van der Waals surface area (Å²) >= 11 is 0. The van der Waals surface area contributed by atoms with E-state index in [1.54, 1.807) is 12.5 Å². The van der Waals surface area contributed by atoms with Crippen molar-refractivity contribution in [2.24, 2.45) is 10.8 Å². The number of nitrogens with zero attached hydrogens (tertiary/aromatic N) is 2. The minimum Gasteiger partial charge on any atom is -0.512 e. The first-order valence-electron chi connectivity index (χ1n) is 16.5. The molecule has 0 bridgehead atoms. The van der Waals surface area contributed by atoms with Crippen LogP contribution in [0.1, 0.15) is 93.6 Å². The summed E-state index contributed by atoms with van der Waals surface area (Å²) in [6.45, 7) is 18.8. The summed E-state index contributed by atoms with van der Waals surface area (Å²) in [4.78, 5) is 21.1. The molecule has 0 saturated heterocycles. The molecular weight excluding hydrogens is 761 g/mol. The predicted molar refractivity (Wildman–Crippen MR) is 191 cm³/mol. The Morgan fingerprint density at radius 3 is 2.13 bits per heavy atom. The molecular formula is C41H49IrN2O3-. The number of furan rings is 1. The van der Waals surface area contributed by atoms with Crippen LogP contribution >= 0.6 is 0 Å². The summed E-state index contributed by atoms with van der Waals surface area (Å²) in [5.41, 5.74) is 5.27. The van der Waals surface area contributed by atoms with Crippen LogP contribution in [0.25, 0.3) is 44.1 Å². The van der Waals surface area contributed by atoms with Gasteiger partial charge < -0.3 is 9.52 Å². The van der Waals surface area contributed by atoms with Gasteiger partial charge in [0.2, 0.25) is 0 Å². The van der Waals surface area contributed by atoms with E-state index >= 15 is 0 Å². The van der Waals surface area contributed by atoms with Gasteiger partial charge in [-0.3, -0.25) is 14.8 Å². The first-order chi connectivity index (χ1) is 21.8. The number of hydrogen-bond acceptors (Lipinski definition) is 5. The Hall–Kier alpha value is -3.60. The number of allylic oxidation sites excluding steroid dienone is 2. The minimum absolute atomic E-state index is 0. The molecule has 0 fully saturated rings. The monoisotopic (exact) mass is 810 g/mol. The van der Waals surface area contributed by atoms with E-state index in [-0.39, 0.29) is 47.9 Å². The van der Waals surface area contributed by atoms with Crippen molar-refractivity contribution in [3.8, 4) is 22.4 Å². The number of pyridine rings is 2. The molecule has 3 aromatic heterocycles. The SMILES string of the molecule is CC(C)(C)c1cc(-c2nccc3c(-c4cccnc4)coc23)[c-]c2ccccc12.CCC(C)(CC)C(=O)/C=C(\O)C(C)(CC)CC.[Ir]. The molecule has 5 aromatic rings. The summed E-state index contributed by atoms with van der Waals surface area (Å²) in [5.74, 6) is 0.286. The van der Waals surface area contributed by atoms with Crippen molar-refractivity contribution in [2.45, 2.75) is 93.4 Å². The molecule has 1 N–H and O–H groups in total. The predicted octanol–water partition coefficient (Wildman–Crippen LogP) is 11.5. The van der Waals surface area contributed by atoms with Crippen LogP contribution in [0.4, 0.5) is 0 Å². The van der Waals surface area contributed by atoms with E-state index in [0.717, 1.165) is 64.4 Å². The van der Waals surface area contributed by atoms with E-state index in [1.807, 2.05) is 72.1 Å². The van der Waals surface area contributed by atoms with Crippen LogP contribution in [0, 0.1) is 16.9 Å². The molecule has 0 aliphatic carbocycles. The number of benzene rings is 2. The summed E-state index contributed by atoms with van der Waals surface area (Å²) in [5, 5.41) is 13.5. The van der Waals surface area contributed by atoms with Crippen molar-refractivity contribution < 1.29 is 34.4 Å². The van der Waals surface area contributed by atoms with Gasteiger partial charge in [-0.15, -0.1) is 29.1 Å². The molecule has 0 spiro atoms. The number of rotatable bonds is 9. The van der Waals surface area contributed by atoms with Gasteiger partial charge in [0.1, 0.15) is 11.3 Å². The largest absolute Gasteiger partial charge is 0.512 e. The number of aromatic nitrogens is 2. The number of aliphatic hydroxyl groups is 1. The van der Waals surface area contributed by atoms with Crippen molar-refractivity contribution in [1.82, 2.24) is 9.97 Å². The van der Waals surface area contributed by atoms with Gasteiger partial charge >= 0.3 is 0 Å². The van der Waals surface area contributed by atoms with Crippen LogP contribution in [0.3, 0.4) is 0 Å². The minimum atomic E-state index is -0.337. The standard InChI is InChI=1S/C26H21N2O.C15H28O2.Ir/c1-26(2,3)23-14-19(13-17-7-4-5-9-20(17)23)24-25-21(10-12-28-24)22(16-29-25)18-8-6-11-27-15-18;1-7-14(5,8-2)12(16)11-13(17)15(6,9-3)10-4;/h4-12,14-16H,1-3H3;11,16H,7-10H2,1-6H3;/q-1;;/b;12-11-;. The fourth-order valence-corrected chi connectivity index (χ4v) is 5.56. The number of carbonyl (C=O) groups excluding carboxylic acids is 1. The smallest absolute Gasteiger partial charge is 0.164 e. The van der Waals surface area contributed by atoms with Gasteiger partial charge in [0.15, 0.2) is 5.78 Å². The van der Waals surface area contributed by atoms with Crippen molar-refractivity contribution in [3.63, 3.8) is 0 Å². The van der Waals surface area contributed by atoms with E-state index in [1.165, 1.54) is 17.0 Å². The van der Waals surface area contributed by atoms with Gasteiger partial charge in [-0.1, -0.05) is 97.5 Å². The van der Waals surface area contributed by atoms with E-state index < -0.39 is 0 Å². The zero-order valence-electron chi connectivity index (χ0n) is 29.3. The van der Waals surface area contributed by atoms with Crippen LogP contribution in [0.2, 0.25) is 0 Å². The second-order valence-electron chi connectivity index (χ2n) is 13.7. The zero-order valence-corrected chi connectivity index (χ0v) is 31.7. The number of aliphatic hydroxyl groups excluding tert-OH is 1. The van der Waals surface area contributed by atoms with E-state index in [2.05, 4.69) is 67.1 Å². The summed E-state index contributed by atoms with van der Waals surface area (Å²) in [6.07, 6.45) is 12.0. The molecule has 0 aliphatic rings. The maximum absolute atomic E-state index is 12.2. The van der Waals surface area contributed by atoms with Gasteiger partial charge in [-0.2, -0.15) is 0 Å². The van der Waals surface area contributed by atoms with Gasteiger partial charge in [0.25, 0.3) is 0 Å². The number of hydrogen-bond donors (Lipinski definition) is 1. The molecule has 0 aliphatic heterocycles. The third-order valence-corrected chi connectivity index (χ3v) is 9.90. The average molecular weight is 810 g/mol. The maximum Gasteiger partial charge on any atom is 0.164 e. The van der Waals surface area contributed by atoms with Crippen LogP contribution in [0.15, 0.2) is 89.6 Å². The topological polar surface area (TPSA) is 76.2 Å². The second kappa shape index (κ2) is 15.5. The van der Waals surface area contributed by atoms with Crippen molar-refractivity contribution in [3.05, 3.63) is 96.8 Å². The van der Waals surface area contributed by atoms with Crippen LogP contribution < -0.4 is 0 Å². The van der Waals surface area contributed by atoms with Crippen LogP contribution in [-0.2, 0) is 30.3 Å². The van der Waals surface area contributed by atoms with Crippen LogP contribution in [0.5, 0.6) is 0 Å². The summed E-state index contributed by atoms with van der Waals surface area (Å²) in [6, 6.07) is 20.1. The molecule has 0 saturated carbocycles. The molecule has 3 heterocycles. The summed E-state index contributed by atoms with van der Waals surface area (Å²) < 4.78 is 6.02. The molecule has 1 radical (unpaired) electrons. The third-order valence-electron chi connectivity index (χ3n) is 9.90. The quantitative estimate of drug-likeness (QED) is 0.0912. The normalized spacial score (nSPS) is 12.4. The van der Waals surface area contributed by atoms with E-state index in [9.17, 15) is 9.90 Å². The number of carbonyl (C=O) groups is 1. The van der Waals surface area contributed by atoms with Crippen molar-refractivity contribution >= 4 is 27.5 Å². The van der Waals surface area contributed by atoms with E-state index in [0.29, 0.717) is 0 Å². The average Bonchev–Trinajstić information content (AvgIpc) is 3.51. The molecule has 251 valence electrons. The maximum atomic E-state index is 12.2. The van der Waals surface area contributed by atoms with Gasteiger partial charge in [-0.05, 0) is 43.2 Å². The number of fused-ring (bicyclic) bond motifs is 2. The Morgan fingerprint density at radius 2 is 1.53 bits per heavy atom. The number of ketones is 1. The fraction of sp³-hybridized carbons (Fsp3) is 0.390. The first-order valence-corrected chi connectivity index (χ1v) is 16.5. The summed E-state index contributed by atoms with van der Waals surface area (Å²) in [7, 11) is 0. The van der Waals surface area contributed by atoms with Gasteiger partial charge in [0.05, 0.1) is 6.26 Å². The Kier molecular flexibility index (Phi) is 12.5. The van der Waals surface area contributed by atoms with E-state index in [4.69, 9.17) is 4.42 Å². The molecule has 2 aromatic carbocycles. The molecule has 5 rings (SSSR count). The van der Waals surface area contributed by atoms with Crippen LogP contribution in [-0.4, -0.2) is 20.9 Å². The molecule has 0 unspecified atom stereocenters. The third kappa shape index (κ3) is 8.11. The first kappa shape index (κ1) is 37.9. The molecule has 0 amide bonds.